The number of carbonyl (C=O) groups is 1. The van der Waals surface area contributed by atoms with Crippen LogP contribution in [0.1, 0.15) is 22.5 Å². The Balaban J connectivity index is 2.10. The maximum absolute atomic E-state index is 12.3. The molecule has 1 aromatic heterocycles. The van der Waals surface area contributed by atoms with Gasteiger partial charge in [0.1, 0.15) is 5.69 Å². The number of likely N-dealkylation sites (N-methyl/N-ethyl adjacent to an activating group) is 1. The molecule has 0 aliphatic carbocycles. The van der Waals surface area contributed by atoms with Crippen LogP contribution < -0.4 is 0 Å². The number of benzene rings is 1. The molecule has 0 fully saturated rings. The van der Waals surface area contributed by atoms with Crippen LogP contribution in [0.4, 0.5) is 0 Å². The molecule has 0 atom stereocenters. The standard InChI is InChI=1S/C18H22N2O2/c1-19-10-6-7-13(12-19)11-15-14-8-4-5-9-16(14)20(2)17(15)18(21)22-3/h4-5,7-9H,6,10-12H2,1-3H3. The number of methoxy groups -OCH3 is 1. The lowest BCUT2D eigenvalue weighted by Crippen LogP contribution is -2.26. The largest absolute Gasteiger partial charge is 0.464 e. The number of nitrogens with zero attached hydrogens (tertiary/aromatic N) is 2. The van der Waals surface area contributed by atoms with Gasteiger partial charge in [-0.1, -0.05) is 29.8 Å². The minimum absolute atomic E-state index is 0.265. The molecule has 0 spiro atoms. The third-order valence-electron chi connectivity index (χ3n) is 4.41. The number of ether oxygens (including phenoxy) is 1. The minimum Gasteiger partial charge on any atom is -0.464 e. The lowest BCUT2D eigenvalue weighted by Gasteiger charge is -2.23. The quantitative estimate of drug-likeness (QED) is 0.645. The first kappa shape index (κ1) is 14.9. The van der Waals surface area contributed by atoms with Crippen molar-refractivity contribution in [3.63, 3.8) is 0 Å². The molecule has 0 saturated heterocycles. The second-order valence-electron chi connectivity index (χ2n) is 5.96. The van der Waals surface area contributed by atoms with E-state index in [-0.39, 0.29) is 5.97 Å². The van der Waals surface area contributed by atoms with Gasteiger partial charge in [0, 0.05) is 31.0 Å². The van der Waals surface area contributed by atoms with Gasteiger partial charge in [-0.15, -0.1) is 0 Å². The summed E-state index contributed by atoms with van der Waals surface area (Å²) in [5, 5.41) is 1.14. The molecule has 2 heterocycles. The van der Waals surface area contributed by atoms with Crippen molar-refractivity contribution in [2.75, 3.05) is 27.2 Å². The van der Waals surface area contributed by atoms with Crippen molar-refractivity contribution in [1.29, 1.82) is 0 Å². The van der Waals surface area contributed by atoms with E-state index in [2.05, 4.69) is 24.1 Å². The summed E-state index contributed by atoms with van der Waals surface area (Å²) in [6.07, 6.45) is 4.18. The van der Waals surface area contributed by atoms with Crippen molar-refractivity contribution in [2.24, 2.45) is 7.05 Å². The molecule has 4 nitrogen and oxygen atoms in total. The Morgan fingerprint density at radius 2 is 2.05 bits per heavy atom. The molecule has 0 amide bonds. The Hall–Kier alpha value is -2.07. The molecule has 0 unspecified atom stereocenters. The molecule has 0 N–H and O–H groups in total. The van der Waals surface area contributed by atoms with Crippen molar-refractivity contribution in [1.82, 2.24) is 9.47 Å². The lowest BCUT2D eigenvalue weighted by atomic mass is 9.98. The average molecular weight is 298 g/mol. The number of esters is 1. The van der Waals surface area contributed by atoms with Gasteiger partial charge >= 0.3 is 5.97 Å². The zero-order valence-electron chi connectivity index (χ0n) is 13.4. The fourth-order valence-electron chi connectivity index (χ4n) is 3.34. The van der Waals surface area contributed by atoms with E-state index in [0.717, 1.165) is 42.4 Å². The topological polar surface area (TPSA) is 34.5 Å². The minimum atomic E-state index is -0.265. The maximum atomic E-state index is 12.3. The molecule has 116 valence electrons. The molecule has 1 aromatic carbocycles. The molecule has 0 saturated carbocycles. The number of aryl methyl sites for hydroxylation is 1. The zero-order chi connectivity index (χ0) is 15.7. The highest BCUT2D eigenvalue weighted by Gasteiger charge is 2.22. The Morgan fingerprint density at radius 1 is 1.27 bits per heavy atom. The number of hydrogen-bond donors (Lipinski definition) is 0. The van der Waals surface area contributed by atoms with Gasteiger partial charge in [0.15, 0.2) is 0 Å². The van der Waals surface area contributed by atoms with Crippen molar-refractivity contribution in [3.8, 4) is 0 Å². The second-order valence-corrected chi connectivity index (χ2v) is 5.96. The van der Waals surface area contributed by atoms with Crippen LogP contribution in [0.2, 0.25) is 0 Å². The van der Waals surface area contributed by atoms with Crippen LogP contribution in [0.3, 0.4) is 0 Å². The highest BCUT2D eigenvalue weighted by atomic mass is 16.5. The Bertz CT molecular complexity index is 743. The highest BCUT2D eigenvalue weighted by molar-refractivity contribution is 5.99. The Morgan fingerprint density at radius 3 is 2.77 bits per heavy atom. The van der Waals surface area contributed by atoms with E-state index in [0.29, 0.717) is 5.69 Å². The smallest absolute Gasteiger partial charge is 0.354 e. The summed E-state index contributed by atoms with van der Waals surface area (Å²) in [4.78, 5) is 14.6. The monoisotopic (exact) mass is 298 g/mol. The van der Waals surface area contributed by atoms with Crippen LogP contribution in [-0.2, 0) is 18.2 Å². The van der Waals surface area contributed by atoms with E-state index in [4.69, 9.17) is 4.74 Å². The Kier molecular flexibility index (Phi) is 4.03. The van der Waals surface area contributed by atoms with Crippen molar-refractivity contribution >= 4 is 16.9 Å². The average Bonchev–Trinajstić information content (AvgIpc) is 2.80. The predicted octanol–water partition coefficient (Wildman–Crippen LogP) is 2.77. The second kappa shape index (κ2) is 5.97. The highest BCUT2D eigenvalue weighted by Crippen LogP contribution is 2.29. The molecule has 1 aliphatic rings. The number of rotatable bonds is 3. The number of para-hydroxylation sites is 1. The van der Waals surface area contributed by atoms with E-state index in [1.165, 1.54) is 12.7 Å². The van der Waals surface area contributed by atoms with Gasteiger partial charge in [-0.2, -0.15) is 0 Å². The summed E-state index contributed by atoms with van der Waals surface area (Å²) in [7, 11) is 5.51. The zero-order valence-corrected chi connectivity index (χ0v) is 13.4. The van der Waals surface area contributed by atoms with Crippen LogP contribution in [0.15, 0.2) is 35.9 Å². The fourth-order valence-corrected chi connectivity index (χ4v) is 3.34. The van der Waals surface area contributed by atoms with Crippen molar-refractivity contribution in [2.45, 2.75) is 12.8 Å². The SMILES string of the molecule is COC(=O)c1c(CC2=CCCN(C)C2)c2ccccc2n1C. The van der Waals surface area contributed by atoms with Crippen LogP contribution in [0.25, 0.3) is 10.9 Å². The van der Waals surface area contributed by atoms with Gasteiger partial charge < -0.3 is 14.2 Å². The van der Waals surface area contributed by atoms with Gasteiger partial charge in [0.25, 0.3) is 0 Å². The first-order chi connectivity index (χ1) is 10.6. The van der Waals surface area contributed by atoms with Gasteiger partial charge in [0.05, 0.1) is 7.11 Å². The van der Waals surface area contributed by atoms with Gasteiger partial charge in [0.2, 0.25) is 0 Å². The van der Waals surface area contributed by atoms with E-state index in [1.807, 2.05) is 29.8 Å². The van der Waals surface area contributed by atoms with Gasteiger partial charge in [-0.3, -0.25) is 0 Å². The molecule has 2 aromatic rings. The summed E-state index contributed by atoms with van der Waals surface area (Å²) in [5.74, 6) is -0.265. The molecule has 3 rings (SSSR count). The summed E-state index contributed by atoms with van der Waals surface area (Å²) in [6.45, 7) is 2.06. The third-order valence-corrected chi connectivity index (χ3v) is 4.41. The van der Waals surface area contributed by atoms with Crippen LogP contribution in [-0.4, -0.2) is 42.7 Å². The van der Waals surface area contributed by atoms with Crippen LogP contribution >= 0.6 is 0 Å². The summed E-state index contributed by atoms with van der Waals surface area (Å²) in [5.41, 5.74) is 4.18. The maximum Gasteiger partial charge on any atom is 0.354 e. The number of hydrogen-bond acceptors (Lipinski definition) is 3. The fraction of sp³-hybridized carbons (Fsp3) is 0.389. The molecule has 0 bridgehead atoms. The Labute approximate surface area is 131 Å². The normalized spacial score (nSPS) is 15.9. The van der Waals surface area contributed by atoms with Gasteiger partial charge in [-0.25, -0.2) is 4.79 Å². The first-order valence-corrected chi connectivity index (χ1v) is 7.63. The van der Waals surface area contributed by atoms with Crippen LogP contribution in [0.5, 0.6) is 0 Å². The first-order valence-electron chi connectivity index (χ1n) is 7.63. The van der Waals surface area contributed by atoms with E-state index >= 15 is 0 Å². The third kappa shape index (κ3) is 2.55. The van der Waals surface area contributed by atoms with Crippen LogP contribution in [0, 0.1) is 0 Å². The molecule has 4 heteroatoms. The summed E-state index contributed by atoms with van der Waals surface area (Å²) >= 11 is 0. The molecule has 0 radical (unpaired) electrons. The number of aromatic nitrogens is 1. The number of fused-ring (bicyclic) bond motifs is 1. The van der Waals surface area contributed by atoms with E-state index in [9.17, 15) is 4.79 Å². The predicted molar refractivity (Wildman–Crippen MR) is 88.2 cm³/mol. The molecular formula is C18H22N2O2. The molecule has 1 aliphatic heterocycles. The van der Waals surface area contributed by atoms with Crippen molar-refractivity contribution < 1.29 is 9.53 Å². The van der Waals surface area contributed by atoms with E-state index in [1.54, 1.807) is 0 Å². The molecular weight excluding hydrogens is 276 g/mol. The number of carbonyl (C=O) groups excluding carboxylic acids is 1. The summed E-state index contributed by atoms with van der Waals surface area (Å²) in [6, 6.07) is 8.16. The van der Waals surface area contributed by atoms with E-state index < -0.39 is 0 Å². The lowest BCUT2D eigenvalue weighted by molar-refractivity contribution is 0.0589. The summed E-state index contributed by atoms with van der Waals surface area (Å²) < 4.78 is 6.96. The van der Waals surface area contributed by atoms with Gasteiger partial charge in [-0.05, 0) is 31.5 Å². The van der Waals surface area contributed by atoms with Crippen molar-refractivity contribution in [3.05, 3.63) is 47.2 Å². The molecule has 22 heavy (non-hydrogen) atoms.